The second-order valence-corrected chi connectivity index (χ2v) is 5.51. The number of fused-ring (bicyclic) bond motifs is 1. The van der Waals surface area contributed by atoms with Crippen LogP contribution in [0.25, 0.3) is 0 Å². The van der Waals surface area contributed by atoms with Crippen LogP contribution in [0, 0.1) is 5.92 Å². The Labute approximate surface area is 125 Å². The lowest BCUT2D eigenvalue weighted by atomic mass is 10.0. The van der Waals surface area contributed by atoms with Gasteiger partial charge < -0.3 is 4.74 Å². The van der Waals surface area contributed by atoms with E-state index in [0.717, 1.165) is 24.5 Å². The highest BCUT2D eigenvalue weighted by atomic mass is 16.6. The highest BCUT2D eigenvalue weighted by Crippen LogP contribution is 2.28. The second-order valence-electron chi connectivity index (χ2n) is 5.51. The first kappa shape index (κ1) is 14.0. The van der Waals surface area contributed by atoms with Crippen LogP contribution < -0.4 is 10.2 Å². The maximum Gasteiger partial charge on any atom is 0.119 e. The fourth-order valence-corrected chi connectivity index (χ4v) is 2.87. The van der Waals surface area contributed by atoms with Crippen molar-refractivity contribution < 1.29 is 9.57 Å². The topological polar surface area (TPSA) is 30.5 Å². The van der Waals surface area contributed by atoms with Gasteiger partial charge in [-0.15, -0.1) is 0 Å². The van der Waals surface area contributed by atoms with Gasteiger partial charge in [0.1, 0.15) is 5.75 Å². The summed E-state index contributed by atoms with van der Waals surface area (Å²) in [6.07, 6.45) is 3.45. The van der Waals surface area contributed by atoms with Gasteiger partial charge in [-0.2, -0.15) is 0 Å². The Kier molecular flexibility index (Phi) is 4.41. The molecule has 3 rings (SSSR count). The lowest BCUT2D eigenvalue weighted by molar-refractivity contribution is 0.174. The summed E-state index contributed by atoms with van der Waals surface area (Å²) in [4.78, 5) is 5.56. The molecule has 110 valence electrons. The second kappa shape index (κ2) is 6.64. The summed E-state index contributed by atoms with van der Waals surface area (Å²) in [7, 11) is 1.67. The molecule has 1 N–H and O–H groups in total. The normalized spacial score (nSPS) is 14.0. The SMILES string of the molecule is COc1ccc(NOCCC2Cc3ccccc3C2)cc1. The fraction of sp³-hybridized carbons (Fsp3) is 0.333. The number of nitrogens with one attached hydrogen (secondary N) is 1. The summed E-state index contributed by atoms with van der Waals surface area (Å²) in [5, 5.41) is 0. The molecular weight excluding hydrogens is 262 g/mol. The van der Waals surface area contributed by atoms with Crippen molar-refractivity contribution in [1.29, 1.82) is 0 Å². The standard InChI is InChI=1S/C18H21NO2/c1-20-18-8-6-17(7-9-18)19-21-11-10-14-12-15-4-2-3-5-16(15)13-14/h2-9,14,19H,10-13H2,1H3. The van der Waals surface area contributed by atoms with Gasteiger partial charge in [0.2, 0.25) is 0 Å². The average Bonchev–Trinajstić information content (AvgIpc) is 2.95. The summed E-state index contributed by atoms with van der Waals surface area (Å²) < 4.78 is 5.12. The molecule has 0 fully saturated rings. The molecule has 3 nitrogen and oxygen atoms in total. The van der Waals surface area contributed by atoms with Crippen LogP contribution in [0.4, 0.5) is 5.69 Å². The van der Waals surface area contributed by atoms with Crippen LogP contribution in [-0.2, 0) is 17.7 Å². The summed E-state index contributed by atoms with van der Waals surface area (Å²) in [5.41, 5.74) is 6.95. The molecular formula is C18H21NO2. The summed E-state index contributed by atoms with van der Waals surface area (Å²) in [6.45, 7) is 0.727. The van der Waals surface area contributed by atoms with Crippen molar-refractivity contribution in [2.45, 2.75) is 19.3 Å². The van der Waals surface area contributed by atoms with Gasteiger partial charge in [0.05, 0.1) is 19.4 Å². The van der Waals surface area contributed by atoms with E-state index in [1.165, 1.54) is 24.0 Å². The van der Waals surface area contributed by atoms with Crippen molar-refractivity contribution in [3.8, 4) is 5.75 Å². The Hall–Kier alpha value is -2.00. The zero-order chi connectivity index (χ0) is 14.5. The molecule has 0 heterocycles. The first-order chi connectivity index (χ1) is 10.3. The minimum atomic E-state index is 0.708. The number of hydrogen-bond acceptors (Lipinski definition) is 3. The zero-order valence-corrected chi connectivity index (χ0v) is 12.3. The Balaban J connectivity index is 1.39. The number of methoxy groups -OCH3 is 1. The molecule has 3 heteroatoms. The molecule has 0 saturated heterocycles. The van der Waals surface area contributed by atoms with Gasteiger partial charge in [0, 0.05) is 0 Å². The molecule has 0 atom stereocenters. The Morgan fingerprint density at radius 1 is 1.00 bits per heavy atom. The molecule has 0 aromatic heterocycles. The van der Waals surface area contributed by atoms with Crippen LogP contribution in [-0.4, -0.2) is 13.7 Å². The maximum atomic E-state index is 5.56. The van der Waals surface area contributed by atoms with Crippen molar-refractivity contribution in [3.63, 3.8) is 0 Å². The van der Waals surface area contributed by atoms with E-state index in [-0.39, 0.29) is 0 Å². The van der Waals surface area contributed by atoms with E-state index >= 15 is 0 Å². The first-order valence-corrected chi connectivity index (χ1v) is 7.44. The summed E-state index contributed by atoms with van der Waals surface area (Å²) in [5.74, 6) is 1.56. The predicted octanol–water partition coefficient (Wildman–Crippen LogP) is 3.84. The minimum Gasteiger partial charge on any atom is -0.497 e. The molecule has 2 aromatic carbocycles. The molecule has 0 radical (unpaired) electrons. The van der Waals surface area contributed by atoms with E-state index in [2.05, 4.69) is 29.7 Å². The Morgan fingerprint density at radius 3 is 2.29 bits per heavy atom. The average molecular weight is 283 g/mol. The molecule has 21 heavy (non-hydrogen) atoms. The van der Waals surface area contributed by atoms with Crippen LogP contribution in [0.3, 0.4) is 0 Å². The van der Waals surface area contributed by atoms with Crippen molar-refractivity contribution in [2.24, 2.45) is 5.92 Å². The van der Waals surface area contributed by atoms with E-state index in [4.69, 9.17) is 9.57 Å². The number of benzene rings is 2. The van der Waals surface area contributed by atoms with Gasteiger partial charge in [0.25, 0.3) is 0 Å². The smallest absolute Gasteiger partial charge is 0.119 e. The van der Waals surface area contributed by atoms with Crippen LogP contribution in [0.15, 0.2) is 48.5 Å². The van der Waals surface area contributed by atoms with Crippen LogP contribution in [0.2, 0.25) is 0 Å². The van der Waals surface area contributed by atoms with Gasteiger partial charge in [-0.25, -0.2) is 0 Å². The molecule has 0 unspecified atom stereocenters. The summed E-state index contributed by atoms with van der Waals surface area (Å²) >= 11 is 0. The molecule has 1 aliphatic rings. The summed E-state index contributed by atoms with van der Waals surface area (Å²) in [6, 6.07) is 16.5. The molecule has 0 spiro atoms. The first-order valence-electron chi connectivity index (χ1n) is 7.44. The highest BCUT2D eigenvalue weighted by Gasteiger charge is 2.20. The van der Waals surface area contributed by atoms with E-state index in [9.17, 15) is 0 Å². The lowest BCUT2D eigenvalue weighted by Crippen LogP contribution is -2.08. The molecule has 0 saturated carbocycles. The molecule has 2 aromatic rings. The van der Waals surface area contributed by atoms with Crippen LogP contribution in [0.5, 0.6) is 5.75 Å². The fourth-order valence-electron chi connectivity index (χ4n) is 2.87. The number of hydrogen-bond donors (Lipinski definition) is 1. The lowest BCUT2D eigenvalue weighted by Gasteiger charge is -2.11. The van der Waals surface area contributed by atoms with Gasteiger partial charge in [-0.05, 0) is 60.6 Å². The van der Waals surface area contributed by atoms with E-state index in [1.807, 2.05) is 24.3 Å². The third-order valence-corrected chi connectivity index (χ3v) is 4.04. The Morgan fingerprint density at radius 2 is 1.67 bits per heavy atom. The molecule has 0 aliphatic heterocycles. The van der Waals surface area contributed by atoms with Gasteiger partial charge >= 0.3 is 0 Å². The third-order valence-electron chi connectivity index (χ3n) is 4.04. The van der Waals surface area contributed by atoms with Crippen molar-refractivity contribution in [2.75, 3.05) is 19.2 Å². The van der Waals surface area contributed by atoms with E-state index < -0.39 is 0 Å². The van der Waals surface area contributed by atoms with Gasteiger partial charge in [-0.1, -0.05) is 24.3 Å². The Bertz CT molecular complexity index is 555. The molecule has 0 amide bonds. The van der Waals surface area contributed by atoms with Crippen molar-refractivity contribution in [1.82, 2.24) is 0 Å². The van der Waals surface area contributed by atoms with Crippen molar-refractivity contribution >= 4 is 5.69 Å². The van der Waals surface area contributed by atoms with Crippen molar-refractivity contribution in [3.05, 3.63) is 59.7 Å². The quantitative estimate of drug-likeness (QED) is 0.645. The third kappa shape index (κ3) is 3.56. The monoisotopic (exact) mass is 283 g/mol. The highest BCUT2D eigenvalue weighted by molar-refractivity contribution is 5.44. The predicted molar refractivity (Wildman–Crippen MR) is 84.5 cm³/mol. The van der Waals surface area contributed by atoms with Gasteiger partial charge in [-0.3, -0.25) is 10.3 Å². The number of ether oxygens (including phenoxy) is 1. The molecule has 0 bridgehead atoms. The van der Waals surface area contributed by atoms with Gasteiger partial charge in [0.15, 0.2) is 0 Å². The molecule has 1 aliphatic carbocycles. The number of rotatable bonds is 6. The van der Waals surface area contributed by atoms with E-state index in [0.29, 0.717) is 5.92 Å². The number of anilines is 1. The van der Waals surface area contributed by atoms with Crippen LogP contribution >= 0.6 is 0 Å². The van der Waals surface area contributed by atoms with E-state index in [1.54, 1.807) is 7.11 Å². The zero-order valence-electron chi connectivity index (χ0n) is 12.3. The minimum absolute atomic E-state index is 0.708. The maximum absolute atomic E-state index is 5.56. The largest absolute Gasteiger partial charge is 0.497 e. The van der Waals surface area contributed by atoms with Crippen LogP contribution in [0.1, 0.15) is 17.5 Å².